The van der Waals surface area contributed by atoms with Gasteiger partial charge in [0.2, 0.25) is 0 Å². The Hall–Kier alpha value is -1.89. The highest BCUT2D eigenvalue weighted by Crippen LogP contribution is 2.24. The highest BCUT2D eigenvalue weighted by Gasteiger charge is 2.10. The summed E-state index contributed by atoms with van der Waals surface area (Å²) in [5.41, 5.74) is 1.10. The lowest BCUT2D eigenvalue weighted by Gasteiger charge is -2.06. The van der Waals surface area contributed by atoms with Gasteiger partial charge in [-0.25, -0.2) is 9.48 Å². The summed E-state index contributed by atoms with van der Waals surface area (Å²) >= 11 is 1.54. The number of rotatable bonds is 7. The van der Waals surface area contributed by atoms with Gasteiger partial charge in [-0.05, 0) is 41.5 Å². The molecule has 2 aromatic rings. The van der Waals surface area contributed by atoms with E-state index in [1.54, 1.807) is 13.0 Å². The molecular weight excluding hydrogens is 288 g/mol. The Labute approximate surface area is 127 Å². The normalized spacial score (nSPS) is 10.8. The molecule has 0 spiro atoms. The Morgan fingerprint density at radius 1 is 1.43 bits per heavy atom. The van der Waals surface area contributed by atoms with E-state index in [4.69, 9.17) is 5.11 Å². The Morgan fingerprint density at radius 3 is 2.95 bits per heavy atom. The molecule has 0 atom stereocenters. The van der Waals surface area contributed by atoms with Crippen molar-refractivity contribution in [1.29, 1.82) is 0 Å². The zero-order chi connectivity index (χ0) is 15.2. The maximum absolute atomic E-state index is 11.1. The minimum Gasteiger partial charge on any atom is -0.478 e. The van der Waals surface area contributed by atoms with Gasteiger partial charge in [-0.15, -0.1) is 16.9 Å². The molecule has 0 saturated heterocycles. The lowest BCUT2D eigenvalue weighted by atomic mass is 10.1. The predicted molar refractivity (Wildman–Crippen MR) is 80.4 cm³/mol. The Balaban J connectivity index is 2.05. The molecule has 0 aliphatic rings. The second kappa shape index (κ2) is 7.21. The predicted octanol–water partition coefficient (Wildman–Crippen LogP) is 2.77. The van der Waals surface area contributed by atoms with Crippen molar-refractivity contribution in [3.63, 3.8) is 0 Å². The number of carbonyl (C=O) groups is 1. The van der Waals surface area contributed by atoms with Crippen molar-refractivity contribution >= 4 is 17.7 Å². The largest absolute Gasteiger partial charge is 0.478 e. The fourth-order valence-electron chi connectivity index (χ4n) is 1.88. The number of unbranched alkanes of at least 4 members (excludes halogenated alkanes) is 1. The second-order valence-corrected chi connectivity index (χ2v) is 5.79. The van der Waals surface area contributed by atoms with Crippen molar-refractivity contribution < 1.29 is 9.90 Å². The summed E-state index contributed by atoms with van der Waals surface area (Å²) in [5.74, 6) is 0.535. The van der Waals surface area contributed by atoms with Gasteiger partial charge >= 0.3 is 5.97 Å². The van der Waals surface area contributed by atoms with Gasteiger partial charge in [0.25, 0.3) is 0 Å². The number of benzene rings is 1. The summed E-state index contributed by atoms with van der Waals surface area (Å²) in [5, 5.41) is 20.8. The van der Waals surface area contributed by atoms with Crippen LogP contribution in [0, 0.1) is 6.92 Å². The second-order valence-electron chi connectivity index (χ2n) is 4.74. The highest BCUT2D eigenvalue weighted by molar-refractivity contribution is 7.98. The number of hydrogen-bond donors (Lipinski definition) is 1. The van der Waals surface area contributed by atoms with Crippen LogP contribution in [-0.4, -0.2) is 31.3 Å². The number of aryl methyl sites for hydroxylation is 2. The SMILES string of the molecule is CCCCn1nnnc1CSc1ccc(C)c(C(=O)O)c1. The lowest BCUT2D eigenvalue weighted by molar-refractivity contribution is 0.0696. The highest BCUT2D eigenvalue weighted by atomic mass is 32.2. The van der Waals surface area contributed by atoms with Crippen molar-refractivity contribution in [2.24, 2.45) is 0 Å². The molecule has 0 fully saturated rings. The molecule has 7 heteroatoms. The first kappa shape index (κ1) is 15.5. The van der Waals surface area contributed by atoms with Gasteiger partial charge in [-0.3, -0.25) is 0 Å². The fourth-order valence-corrected chi connectivity index (χ4v) is 2.75. The third kappa shape index (κ3) is 4.04. The van der Waals surface area contributed by atoms with E-state index < -0.39 is 5.97 Å². The minimum absolute atomic E-state index is 0.338. The molecule has 2 rings (SSSR count). The molecule has 0 bridgehead atoms. The number of carboxylic acids is 1. The average Bonchev–Trinajstić information content (AvgIpc) is 2.91. The third-order valence-corrected chi connectivity index (χ3v) is 4.13. The van der Waals surface area contributed by atoms with E-state index in [-0.39, 0.29) is 0 Å². The zero-order valence-electron chi connectivity index (χ0n) is 12.1. The number of aromatic nitrogens is 4. The molecule has 0 aliphatic heterocycles. The molecule has 0 saturated carbocycles. The van der Waals surface area contributed by atoms with Gasteiger partial charge in [-0.1, -0.05) is 19.4 Å². The molecule has 0 radical (unpaired) electrons. The maximum atomic E-state index is 11.1. The average molecular weight is 306 g/mol. The van der Waals surface area contributed by atoms with Crippen LogP contribution < -0.4 is 0 Å². The summed E-state index contributed by atoms with van der Waals surface area (Å²) in [6.45, 7) is 4.73. The van der Waals surface area contributed by atoms with Crippen LogP contribution in [0.15, 0.2) is 23.1 Å². The molecule has 6 nitrogen and oxygen atoms in total. The lowest BCUT2D eigenvalue weighted by Crippen LogP contribution is -2.05. The molecule has 1 aromatic carbocycles. The third-order valence-electron chi connectivity index (χ3n) is 3.14. The van der Waals surface area contributed by atoms with Crippen molar-refractivity contribution in [1.82, 2.24) is 20.2 Å². The summed E-state index contributed by atoms with van der Waals surface area (Å²) in [6, 6.07) is 5.45. The van der Waals surface area contributed by atoms with Gasteiger partial charge < -0.3 is 5.11 Å². The molecular formula is C14H18N4O2S. The molecule has 1 heterocycles. The standard InChI is InChI=1S/C14H18N4O2S/c1-3-4-7-18-13(15-16-17-18)9-21-11-6-5-10(2)12(8-11)14(19)20/h5-6,8H,3-4,7,9H2,1-2H3,(H,19,20). The van der Waals surface area contributed by atoms with Crippen LogP contribution in [0.2, 0.25) is 0 Å². The van der Waals surface area contributed by atoms with Crippen LogP contribution in [-0.2, 0) is 12.3 Å². The van der Waals surface area contributed by atoms with Crippen LogP contribution in [0.25, 0.3) is 0 Å². The van der Waals surface area contributed by atoms with E-state index in [9.17, 15) is 4.79 Å². The first-order valence-corrected chi connectivity index (χ1v) is 7.82. The molecule has 0 amide bonds. The summed E-state index contributed by atoms with van der Waals surface area (Å²) in [7, 11) is 0. The first-order valence-electron chi connectivity index (χ1n) is 6.83. The van der Waals surface area contributed by atoms with Gasteiger partial charge in [0, 0.05) is 11.4 Å². The first-order chi connectivity index (χ1) is 10.1. The van der Waals surface area contributed by atoms with Crippen molar-refractivity contribution in [2.75, 3.05) is 0 Å². The summed E-state index contributed by atoms with van der Waals surface area (Å²) < 4.78 is 1.81. The number of carboxylic acid groups (broad SMARTS) is 1. The molecule has 1 aromatic heterocycles. The van der Waals surface area contributed by atoms with Crippen LogP contribution in [0.3, 0.4) is 0 Å². The molecule has 21 heavy (non-hydrogen) atoms. The van der Waals surface area contributed by atoms with Gasteiger partial charge in [0.1, 0.15) is 0 Å². The smallest absolute Gasteiger partial charge is 0.335 e. The number of hydrogen-bond acceptors (Lipinski definition) is 5. The number of thioether (sulfide) groups is 1. The van der Waals surface area contributed by atoms with Gasteiger partial charge in [0.05, 0.1) is 11.3 Å². The van der Waals surface area contributed by atoms with E-state index in [1.807, 2.05) is 16.8 Å². The van der Waals surface area contributed by atoms with E-state index in [1.165, 1.54) is 11.8 Å². The molecule has 0 unspecified atom stereocenters. The van der Waals surface area contributed by atoms with E-state index in [0.717, 1.165) is 35.7 Å². The quantitative estimate of drug-likeness (QED) is 0.792. The number of aromatic carboxylic acids is 1. The molecule has 0 aliphatic carbocycles. The summed E-state index contributed by atoms with van der Waals surface area (Å²) in [6.07, 6.45) is 2.13. The zero-order valence-corrected chi connectivity index (χ0v) is 12.9. The summed E-state index contributed by atoms with van der Waals surface area (Å²) in [4.78, 5) is 12.0. The van der Waals surface area contributed by atoms with Crippen LogP contribution in [0.1, 0.15) is 41.5 Å². The Morgan fingerprint density at radius 2 is 2.24 bits per heavy atom. The van der Waals surface area contributed by atoms with E-state index in [2.05, 4.69) is 22.4 Å². The van der Waals surface area contributed by atoms with E-state index in [0.29, 0.717) is 11.3 Å². The van der Waals surface area contributed by atoms with Gasteiger partial charge in [-0.2, -0.15) is 0 Å². The number of nitrogens with zero attached hydrogens (tertiary/aromatic N) is 4. The Kier molecular flexibility index (Phi) is 5.32. The Bertz CT molecular complexity index is 627. The molecule has 112 valence electrons. The van der Waals surface area contributed by atoms with Crippen molar-refractivity contribution in [2.45, 2.75) is 43.9 Å². The topological polar surface area (TPSA) is 80.9 Å². The van der Waals surface area contributed by atoms with Crippen LogP contribution in [0.5, 0.6) is 0 Å². The van der Waals surface area contributed by atoms with Crippen molar-refractivity contribution in [3.05, 3.63) is 35.2 Å². The minimum atomic E-state index is -0.900. The monoisotopic (exact) mass is 306 g/mol. The van der Waals surface area contributed by atoms with Crippen LogP contribution >= 0.6 is 11.8 Å². The van der Waals surface area contributed by atoms with Crippen molar-refractivity contribution in [3.8, 4) is 0 Å². The fraction of sp³-hybridized carbons (Fsp3) is 0.429. The van der Waals surface area contributed by atoms with Gasteiger partial charge in [0.15, 0.2) is 5.82 Å². The maximum Gasteiger partial charge on any atom is 0.335 e. The number of tetrazole rings is 1. The molecule has 1 N–H and O–H groups in total. The van der Waals surface area contributed by atoms with E-state index >= 15 is 0 Å². The van der Waals surface area contributed by atoms with Crippen LogP contribution in [0.4, 0.5) is 0 Å².